The van der Waals surface area contributed by atoms with E-state index in [1.807, 2.05) is 42.0 Å². The van der Waals surface area contributed by atoms with Crippen molar-refractivity contribution in [3.63, 3.8) is 0 Å². The van der Waals surface area contributed by atoms with Gasteiger partial charge in [0.1, 0.15) is 5.82 Å². The number of allylic oxidation sites excluding steroid dienone is 4. The van der Waals surface area contributed by atoms with Crippen molar-refractivity contribution in [2.75, 3.05) is 0 Å². The van der Waals surface area contributed by atoms with Gasteiger partial charge in [0.2, 0.25) is 0 Å². The number of aromatic nitrogens is 2. The fourth-order valence-corrected chi connectivity index (χ4v) is 2.24. The second-order valence-electron chi connectivity index (χ2n) is 5.41. The Kier molecular flexibility index (Phi) is 5.32. The molecular weight excluding hydrogens is 282 g/mol. The maximum atomic E-state index is 8.83. The van der Waals surface area contributed by atoms with Crippen LogP contribution in [0.15, 0.2) is 49.2 Å². The highest BCUT2D eigenvalue weighted by Crippen LogP contribution is 2.20. The molecule has 0 amide bonds. The molecule has 0 saturated heterocycles. The Morgan fingerprint density at radius 1 is 1.26 bits per heavy atom. The predicted octanol–water partition coefficient (Wildman–Crippen LogP) is 4.92. The Morgan fingerprint density at radius 2 is 1.96 bits per heavy atom. The molecule has 0 bridgehead atoms. The highest BCUT2D eigenvalue weighted by molar-refractivity contribution is 5.66. The minimum absolute atomic E-state index is 0.683. The zero-order chi connectivity index (χ0) is 16.8. The lowest BCUT2D eigenvalue weighted by molar-refractivity contribution is 1.08. The average Bonchev–Trinajstić information content (AvgIpc) is 3.03. The highest BCUT2D eigenvalue weighted by Gasteiger charge is 2.08. The summed E-state index contributed by atoms with van der Waals surface area (Å²) in [7, 11) is 0. The van der Waals surface area contributed by atoms with Gasteiger partial charge in [0.25, 0.3) is 0 Å². The van der Waals surface area contributed by atoms with Crippen molar-refractivity contribution in [2.45, 2.75) is 27.2 Å². The van der Waals surface area contributed by atoms with Gasteiger partial charge in [-0.15, -0.1) is 0 Å². The third-order valence-corrected chi connectivity index (χ3v) is 3.85. The van der Waals surface area contributed by atoms with Crippen LogP contribution in [-0.4, -0.2) is 9.55 Å². The molecule has 0 unspecified atom stereocenters. The van der Waals surface area contributed by atoms with Gasteiger partial charge < -0.3 is 4.57 Å². The van der Waals surface area contributed by atoms with E-state index in [-0.39, 0.29) is 0 Å². The van der Waals surface area contributed by atoms with E-state index in [1.165, 1.54) is 5.56 Å². The quantitative estimate of drug-likeness (QED) is 0.786. The minimum atomic E-state index is 0.683. The molecule has 0 atom stereocenters. The molecule has 1 aromatic heterocycles. The summed E-state index contributed by atoms with van der Waals surface area (Å²) < 4.78 is 1.95. The first-order valence-electron chi connectivity index (χ1n) is 7.60. The summed E-state index contributed by atoms with van der Waals surface area (Å²) in [4.78, 5) is 4.70. The molecule has 0 fully saturated rings. The highest BCUT2D eigenvalue weighted by atomic mass is 15.1. The van der Waals surface area contributed by atoms with E-state index in [0.717, 1.165) is 29.1 Å². The second kappa shape index (κ2) is 7.42. The molecule has 2 aromatic rings. The third kappa shape index (κ3) is 3.87. The second-order valence-corrected chi connectivity index (χ2v) is 5.41. The number of rotatable bonds is 5. The van der Waals surface area contributed by atoms with Gasteiger partial charge >= 0.3 is 0 Å². The Balaban J connectivity index is 2.24. The number of nitrogens with zero attached hydrogens (tertiary/aromatic N) is 3. The summed E-state index contributed by atoms with van der Waals surface area (Å²) in [5.41, 5.74) is 5.07. The molecule has 2 rings (SSSR count). The molecule has 0 saturated carbocycles. The van der Waals surface area contributed by atoms with Crippen molar-refractivity contribution in [1.82, 2.24) is 9.55 Å². The van der Waals surface area contributed by atoms with Crippen LogP contribution in [0.5, 0.6) is 0 Å². The van der Waals surface area contributed by atoms with Crippen molar-refractivity contribution in [2.24, 2.45) is 0 Å². The van der Waals surface area contributed by atoms with Crippen LogP contribution < -0.4 is 0 Å². The van der Waals surface area contributed by atoms with E-state index >= 15 is 0 Å². The molecule has 3 nitrogen and oxygen atoms in total. The number of imidazole rings is 1. The van der Waals surface area contributed by atoms with E-state index in [4.69, 9.17) is 10.2 Å². The lowest BCUT2D eigenvalue weighted by Gasteiger charge is -2.03. The molecule has 3 heteroatoms. The molecule has 1 aromatic carbocycles. The predicted molar refractivity (Wildman–Crippen MR) is 96.5 cm³/mol. The van der Waals surface area contributed by atoms with Gasteiger partial charge in [-0.2, -0.15) is 5.26 Å². The fourth-order valence-electron chi connectivity index (χ4n) is 2.24. The van der Waals surface area contributed by atoms with E-state index < -0.39 is 0 Å². The van der Waals surface area contributed by atoms with Crippen molar-refractivity contribution in [1.29, 1.82) is 5.26 Å². The zero-order valence-electron chi connectivity index (χ0n) is 13.9. The summed E-state index contributed by atoms with van der Waals surface area (Å²) >= 11 is 0. The smallest absolute Gasteiger partial charge is 0.140 e. The standard InChI is InChI=1S/C20H21N3/c1-5-15(3)19-14-23(6-2)20(22-19)16(4)7-8-17-9-11-18(13-21)12-10-17/h5-7,9-12,14H,2,8H2,1,3-4H3/b15-5+,16-7-. The van der Waals surface area contributed by atoms with Crippen LogP contribution >= 0.6 is 0 Å². The van der Waals surface area contributed by atoms with Gasteiger partial charge in [-0.05, 0) is 56.0 Å². The molecule has 0 N–H and O–H groups in total. The number of hydrogen-bond acceptors (Lipinski definition) is 2. The van der Waals surface area contributed by atoms with Gasteiger partial charge in [-0.1, -0.05) is 30.9 Å². The molecule has 0 radical (unpaired) electrons. The summed E-state index contributed by atoms with van der Waals surface area (Å²) in [5, 5.41) is 8.83. The lowest BCUT2D eigenvalue weighted by Crippen LogP contribution is -1.93. The van der Waals surface area contributed by atoms with Crippen LogP contribution in [-0.2, 0) is 6.42 Å². The molecular formula is C20H21N3. The monoisotopic (exact) mass is 303 g/mol. The van der Waals surface area contributed by atoms with E-state index in [1.54, 1.807) is 6.20 Å². The van der Waals surface area contributed by atoms with E-state index in [9.17, 15) is 0 Å². The minimum Gasteiger partial charge on any atom is -0.307 e. The van der Waals surface area contributed by atoms with E-state index in [2.05, 4.69) is 38.6 Å². The van der Waals surface area contributed by atoms with Crippen molar-refractivity contribution in [3.8, 4) is 6.07 Å². The molecule has 116 valence electrons. The lowest BCUT2D eigenvalue weighted by atomic mass is 10.1. The Morgan fingerprint density at radius 3 is 2.52 bits per heavy atom. The Bertz CT molecular complexity index is 796. The first kappa shape index (κ1) is 16.5. The van der Waals surface area contributed by atoms with Crippen molar-refractivity contribution < 1.29 is 0 Å². The van der Waals surface area contributed by atoms with Crippen LogP contribution in [0, 0.1) is 11.3 Å². The summed E-state index contributed by atoms with van der Waals surface area (Å²) in [5.74, 6) is 0.907. The maximum absolute atomic E-state index is 8.83. The van der Waals surface area contributed by atoms with Crippen LogP contribution in [0.4, 0.5) is 0 Å². The van der Waals surface area contributed by atoms with Crippen LogP contribution in [0.1, 0.15) is 43.4 Å². The average molecular weight is 303 g/mol. The number of nitriles is 1. The molecule has 1 heterocycles. The topological polar surface area (TPSA) is 41.6 Å². The van der Waals surface area contributed by atoms with Crippen molar-refractivity contribution in [3.05, 3.63) is 71.8 Å². The summed E-state index contributed by atoms with van der Waals surface area (Å²) in [6.45, 7) is 9.97. The molecule has 23 heavy (non-hydrogen) atoms. The summed E-state index contributed by atoms with van der Waals surface area (Å²) in [6.07, 6.45) is 8.78. The van der Waals surface area contributed by atoms with Crippen LogP contribution in [0.25, 0.3) is 17.3 Å². The molecule has 0 aliphatic rings. The van der Waals surface area contributed by atoms with Gasteiger partial charge in [-0.25, -0.2) is 4.98 Å². The molecule has 0 aliphatic carbocycles. The first-order valence-corrected chi connectivity index (χ1v) is 7.60. The third-order valence-electron chi connectivity index (χ3n) is 3.85. The number of benzene rings is 1. The van der Waals surface area contributed by atoms with Gasteiger partial charge in [0.15, 0.2) is 0 Å². The fraction of sp³-hybridized carbons (Fsp3) is 0.200. The SMILES string of the molecule is C=Cn1cc(/C(C)=C/C)nc1/C(C)=C\Cc1ccc(C#N)cc1. The Labute approximate surface area is 137 Å². The van der Waals surface area contributed by atoms with Gasteiger partial charge in [0, 0.05) is 12.4 Å². The van der Waals surface area contributed by atoms with Crippen LogP contribution in [0.2, 0.25) is 0 Å². The maximum Gasteiger partial charge on any atom is 0.140 e. The normalized spacial score (nSPS) is 12.1. The Hall–Kier alpha value is -2.86. The molecule has 0 spiro atoms. The van der Waals surface area contributed by atoms with E-state index in [0.29, 0.717) is 5.56 Å². The van der Waals surface area contributed by atoms with Gasteiger partial charge in [-0.3, -0.25) is 0 Å². The largest absolute Gasteiger partial charge is 0.307 e. The zero-order valence-corrected chi connectivity index (χ0v) is 13.9. The molecule has 0 aliphatic heterocycles. The van der Waals surface area contributed by atoms with Gasteiger partial charge in [0.05, 0.1) is 17.3 Å². The first-order chi connectivity index (χ1) is 11.1. The summed E-state index contributed by atoms with van der Waals surface area (Å²) in [6, 6.07) is 9.79. The van der Waals surface area contributed by atoms with Crippen molar-refractivity contribution >= 4 is 17.3 Å². The van der Waals surface area contributed by atoms with Crippen LogP contribution in [0.3, 0.4) is 0 Å². The number of hydrogen-bond donors (Lipinski definition) is 0.